The number of aliphatic hydroxyl groups is 1. The van der Waals surface area contributed by atoms with Crippen molar-refractivity contribution in [3.05, 3.63) is 65.0 Å². The molecule has 106 valence electrons. The number of thiophene rings is 1. The van der Waals surface area contributed by atoms with E-state index in [-0.39, 0.29) is 0 Å². The summed E-state index contributed by atoms with van der Waals surface area (Å²) in [6.07, 6.45) is 2.15. The first-order valence-corrected chi connectivity index (χ1v) is 8.04. The number of benzene rings is 2. The highest BCUT2D eigenvalue weighted by Crippen LogP contribution is 2.34. The molecule has 1 atom stereocenters. The molecule has 0 bridgehead atoms. The fourth-order valence-electron chi connectivity index (χ4n) is 2.41. The van der Waals surface area contributed by atoms with Gasteiger partial charge in [-0.1, -0.05) is 30.3 Å². The summed E-state index contributed by atoms with van der Waals surface area (Å²) in [5.74, 6) is 0.893. The summed E-state index contributed by atoms with van der Waals surface area (Å²) in [5, 5.41) is 11.7. The van der Waals surface area contributed by atoms with Gasteiger partial charge in [0, 0.05) is 9.58 Å². The fourth-order valence-corrected chi connectivity index (χ4v) is 3.49. The van der Waals surface area contributed by atoms with Gasteiger partial charge in [-0.2, -0.15) is 0 Å². The van der Waals surface area contributed by atoms with Crippen molar-refractivity contribution in [3.8, 4) is 5.75 Å². The van der Waals surface area contributed by atoms with Crippen LogP contribution in [0.2, 0.25) is 0 Å². The highest BCUT2D eigenvalue weighted by molar-refractivity contribution is 7.19. The van der Waals surface area contributed by atoms with Gasteiger partial charge in [0.05, 0.1) is 6.10 Å². The van der Waals surface area contributed by atoms with E-state index in [1.165, 1.54) is 10.1 Å². The normalized spacial score (nSPS) is 16.0. The predicted molar refractivity (Wildman–Crippen MR) is 86.0 cm³/mol. The fraction of sp³-hybridized carbons (Fsp3) is 0.222. The van der Waals surface area contributed by atoms with Crippen LogP contribution in [0.15, 0.2) is 54.6 Å². The van der Waals surface area contributed by atoms with E-state index in [2.05, 4.69) is 18.2 Å². The van der Waals surface area contributed by atoms with Crippen LogP contribution in [0, 0.1) is 0 Å². The zero-order valence-corrected chi connectivity index (χ0v) is 12.3. The summed E-state index contributed by atoms with van der Waals surface area (Å²) < 4.78 is 6.94. The Bertz CT molecular complexity index is 723. The minimum atomic E-state index is -0.572. The van der Waals surface area contributed by atoms with Crippen LogP contribution in [0.5, 0.6) is 5.75 Å². The first kappa shape index (κ1) is 12.9. The first-order valence-electron chi connectivity index (χ1n) is 7.23. The second-order valence-electron chi connectivity index (χ2n) is 5.48. The first-order chi connectivity index (χ1) is 10.3. The molecule has 2 nitrogen and oxygen atoms in total. The summed E-state index contributed by atoms with van der Waals surface area (Å²) in [7, 11) is 0. The molecule has 1 aliphatic rings. The van der Waals surface area contributed by atoms with Gasteiger partial charge in [0.2, 0.25) is 0 Å². The zero-order chi connectivity index (χ0) is 14.2. The van der Waals surface area contributed by atoms with E-state index in [9.17, 15) is 5.11 Å². The van der Waals surface area contributed by atoms with Crippen molar-refractivity contribution in [1.29, 1.82) is 0 Å². The second kappa shape index (κ2) is 5.17. The van der Waals surface area contributed by atoms with Crippen molar-refractivity contribution in [1.82, 2.24) is 0 Å². The Balaban J connectivity index is 1.59. The maximum Gasteiger partial charge on any atom is 0.119 e. The maximum absolute atomic E-state index is 10.5. The van der Waals surface area contributed by atoms with Crippen molar-refractivity contribution in [3.63, 3.8) is 0 Å². The lowest BCUT2D eigenvalue weighted by atomic mass is 10.1. The SMILES string of the molecule is OC(c1ccc(OC2CC2)cc1)c1cc2ccccc2s1. The molecule has 1 aromatic heterocycles. The van der Waals surface area contributed by atoms with E-state index in [0.29, 0.717) is 6.10 Å². The molecule has 0 saturated heterocycles. The molecule has 1 fully saturated rings. The van der Waals surface area contributed by atoms with Crippen molar-refractivity contribution in [2.24, 2.45) is 0 Å². The highest BCUT2D eigenvalue weighted by atomic mass is 32.1. The molecule has 1 unspecified atom stereocenters. The maximum atomic E-state index is 10.5. The molecule has 1 N–H and O–H groups in total. The van der Waals surface area contributed by atoms with E-state index < -0.39 is 6.10 Å². The summed E-state index contributed by atoms with van der Waals surface area (Å²) in [4.78, 5) is 0.979. The molecule has 3 aromatic rings. The minimum Gasteiger partial charge on any atom is -0.490 e. The quantitative estimate of drug-likeness (QED) is 0.767. The molecule has 3 heteroatoms. The van der Waals surface area contributed by atoms with Gasteiger partial charge >= 0.3 is 0 Å². The average Bonchev–Trinajstić information content (AvgIpc) is 3.22. The zero-order valence-electron chi connectivity index (χ0n) is 11.5. The van der Waals surface area contributed by atoms with Gasteiger partial charge in [-0.25, -0.2) is 0 Å². The Morgan fingerprint density at radius 1 is 1.05 bits per heavy atom. The van der Waals surface area contributed by atoms with E-state index in [4.69, 9.17) is 4.74 Å². The molecule has 4 rings (SSSR count). The van der Waals surface area contributed by atoms with Crippen molar-refractivity contribution in [2.45, 2.75) is 25.0 Å². The molecule has 0 radical (unpaired) electrons. The number of fused-ring (bicyclic) bond motifs is 1. The van der Waals surface area contributed by atoms with E-state index in [0.717, 1.165) is 29.0 Å². The number of rotatable bonds is 4. The van der Waals surface area contributed by atoms with Crippen LogP contribution >= 0.6 is 11.3 Å². The summed E-state index contributed by atoms with van der Waals surface area (Å²) in [6.45, 7) is 0. The van der Waals surface area contributed by atoms with Gasteiger partial charge in [0.25, 0.3) is 0 Å². The topological polar surface area (TPSA) is 29.5 Å². The van der Waals surface area contributed by atoms with E-state index in [1.54, 1.807) is 11.3 Å². The molecule has 1 aliphatic carbocycles. The third-order valence-corrected chi connectivity index (χ3v) is 4.91. The summed E-state index contributed by atoms with van der Waals surface area (Å²) >= 11 is 1.64. The van der Waals surface area contributed by atoms with Crippen molar-refractivity contribution >= 4 is 21.4 Å². The van der Waals surface area contributed by atoms with Crippen molar-refractivity contribution in [2.75, 3.05) is 0 Å². The van der Waals surface area contributed by atoms with Gasteiger partial charge in [-0.15, -0.1) is 11.3 Å². The number of hydrogen-bond donors (Lipinski definition) is 1. The van der Waals surface area contributed by atoms with Crippen LogP contribution < -0.4 is 4.74 Å². The van der Waals surface area contributed by atoms with E-state index in [1.807, 2.05) is 36.4 Å². The molecule has 0 spiro atoms. The molecular formula is C18H16O2S. The Kier molecular flexibility index (Phi) is 3.17. The van der Waals surface area contributed by atoms with Crippen LogP contribution in [0.3, 0.4) is 0 Å². The van der Waals surface area contributed by atoms with Crippen LogP contribution in [-0.2, 0) is 0 Å². The number of ether oxygens (including phenoxy) is 1. The molecular weight excluding hydrogens is 280 g/mol. The standard InChI is InChI=1S/C18H16O2S/c19-18(17-11-13-3-1-2-4-16(13)21-17)12-5-7-14(8-6-12)20-15-9-10-15/h1-8,11,15,18-19H,9-10H2. The van der Waals surface area contributed by atoms with Gasteiger partial charge in [0.15, 0.2) is 0 Å². The molecule has 1 heterocycles. The Morgan fingerprint density at radius 2 is 1.81 bits per heavy atom. The average molecular weight is 296 g/mol. The molecule has 2 aromatic carbocycles. The third kappa shape index (κ3) is 2.67. The van der Waals surface area contributed by atoms with E-state index >= 15 is 0 Å². The third-order valence-electron chi connectivity index (χ3n) is 3.74. The minimum absolute atomic E-state index is 0.406. The van der Waals surface area contributed by atoms with Crippen LogP contribution in [0.4, 0.5) is 0 Å². The van der Waals surface area contributed by atoms with Crippen LogP contribution in [0.25, 0.3) is 10.1 Å². The van der Waals surface area contributed by atoms with Gasteiger partial charge in [0.1, 0.15) is 11.9 Å². The lowest BCUT2D eigenvalue weighted by Gasteiger charge is -2.10. The molecule has 1 saturated carbocycles. The lowest BCUT2D eigenvalue weighted by Crippen LogP contribution is -1.99. The smallest absolute Gasteiger partial charge is 0.119 e. The van der Waals surface area contributed by atoms with Crippen LogP contribution in [0.1, 0.15) is 29.4 Å². The Morgan fingerprint density at radius 3 is 2.52 bits per heavy atom. The van der Waals surface area contributed by atoms with Gasteiger partial charge < -0.3 is 9.84 Å². The second-order valence-corrected chi connectivity index (χ2v) is 6.59. The molecule has 21 heavy (non-hydrogen) atoms. The van der Waals surface area contributed by atoms with Gasteiger partial charge in [-0.3, -0.25) is 0 Å². The number of aliphatic hydroxyl groups excluding tert-OH is 1. The van der Waals surface area contributed by atoms with Gasteiger partial charge in [-0.05, 0) is 48.1 Å². The highest BCUT2D eigenvalue weighted by Gasteiger charge is 2.23. The number of hydrogen-bond acceptors (Lipinski definition) is 3. The Hall–Kier alpha value is -1.84. The summed E-state index contributed by atoms with van der Waals surface area (Å²) in [5.41, 5.74) is 0.907. The predicted octanol–water partition coefficient (Wildman–Crippen LogP) is 4.52. The molecule has 0 aliphatic heterocycles. The van der Waals surface area contributed by atoms with Crippen LogP contribution in [-0.4, -0.2) is 11.2 Å². The molecule has 0 amide bonds. The largest absolute Gasteiger partial charge is 0.490 e. The lowest BCUT2D eigenvalue weighted by molar-refractivity contribution is 0.224. The van der Waals surface area contributed by atoms with Crippen molar-refractivity contribution < 1.29 is 9.84 Å². The monoisotopic (exact) mass is 296 g/mol. The Labute approximate surface area is 127 Å². The summed E-state index contributed by atoms with van der Waals surface area (Å²) in [6, 6.07) is 18.1.